The predicted molar refractivity (Wildman–Crippen MR) is 68.1 cm³/mol. The molecule has 2 heterocycles. The Labute approximate surface area is 111 Å². The molecule has 2 atom stereocenters. The van der Waals surface area contributed by atoms with E-state index in [2.05, 4.69) is 5.32 Å². The molecule has 2 aliphatic rings. The average molecular weight is 264 g/mol. The Kier molecular flexibility index (Phi) is 3.38. The molecule has 102 valence electrons. The minimum atomic E-state index is -0.263. The van der Waals surface area contributed by atoms with E-state index in [4.69, 9.17) is 4.74 Å². The van der Waals surface area contributed by atoms with Gasteiger partial charge in [-0.2, -0.15) is 0 Å². The van der Waals surface area contributed by atoms with Gasteiger partial charge in [0.25, 0.3) is 0 Å². The van der Waals surface area contributed by atoms with E-state index >= 15 is 0 Å². The molecule has 5 heteroatoms. The first-order valence-electron chi connectivity index (χ1n) is 6.62. The Hall–Kier alpha value is -1.62. The zero-order valence-corrected chi connectivity index (χ0v) is 10.6. The summed E-state index contributed by atoms with van der Waals surface area (Å²) < 4.78 is 18.2. The van der Waals surface area contributed by atoms with Crippen LogP contribution in [0.4, 0.5) is 9.18 Å². The molecule has 4 nitrogen and oxygen atoms in total. The standard InChI is InChI=1S/C14H17FN2O2/c15-11-3-1-10(2-4-11)7-16-14(18)17-12-5-6-13(17)9-19-8-12/h1-4,12-13H,5-9H2,(H,16,18)/t12-,13+. The first-order chi connectivity index (χ1) is 9.24. The van der Waals surface area contributed by atoms with Gasteiger partial charge in [0.1, 0.15) is 5.82 Å². The Morgan fingerprint density at radius 2 is 1.89 bits per heavy atom. The van der Waals surface area contributed by atoms with Crippen LogP contribution in [0.2, 0.25) is 0 Å². The molecule has 0 saturated carbocycles. The van der Waals surface area contributed by atoms with Crippen LogP contribution in [0.3, 0.4) is 0 Å². The van der Waals surface area contributed by atoms with E-state index in [1.165, 1.54) is 12.1 Å². The van der Waals surface area contributed by atoms with Crippen molar-refractivity contribution in [2.24, 2.45) is 0 Å². The van der Waals surface area contributed by atoms with Gasteiger partial charge in [-0.3, -0.25) is 0 Å². The SMILES string of the molecule is O=C(NCc1ccc(F)cc1)N1[C@@H]2CC[C@H]1COC2. The number of carbonyl (C=O) groups is 1. The summed E-state index contributed by atoms with van der Waals surface area (Å²) in [5.74, 6) is -0.263. The lowest BCUT2D eigenvalue weighted by Crippen LogP contribution is -2.52. The van der Waals surface area contributed by atoms with Crippen LogP contribution in [0, 0.1) is 5.82 Å². The highest BCUT2D eigenvalue weighted by Crippen LogP contribution is 2.28. The summed E-state index contributed by atoms with van der Waals surface area (Å²) in [6.07, 6.45) is 2.04. The molecule has 1 aromatic carbocycles. The molecule has 2 fully saturated rings. The molecule has 3 rings (SSSR count). The van der Waals surface area contributed by atoms with Crippen LogP contribution >= 0.6 is 0 Å². The van der Waals surface area contributed by atoms with Gasteiger partial charge in [0.15, 0.2) is 0 Å². The minimum absolute atomic E-state index is 0.0416. The number of carbonyl (C=O) groups excluding carboxylic acids is 1. The highest BCUT2D eigenvalue weighted by Gasteiger charge is 2.40. The van der Waals surface area contributed by atoms with Gasteiger partial charge in [-0.15, -0.1) is 0 Å². The van der Waals surface area contributed by atoms with Crippen LogP contribution in [0.1, 0.15) is 18.4 Å². The second-order valence-electron chi connectivity index (χ2n) is 5.11. The molecule has 0 radical (unpaired) electrons. The lowest BCUT2D eigenvalue weighted by atomic mass is 10.2. The summed E-state index contributed by atoms with van der Waals surface area (Å²) in [5.41, 5.74) is 0.898. The number of nitrogens with one attached hydrogen (secondary N) is 1. The molecule has 0 aromatic heterocycles. The molecule has 19 heavy (non-hydrogen) atoms. The van der Waals surface area contributed by atoms with Crippen molar-refractivity contribution in [3.8, 4) is 0 Å². The summed E-state index contributed by atoms with van der Waals surface area (Å²) >= 11 is 0. The number of rotatable bonds is 2. The van der Waals surface area contributed by atoms with Crippen molar-refractivity contribution in [3.05, 3.63) is 35.6 Å². The zero-order chi connectivity index (χ0) is 13.2. The first-order valence-corrected chi connectivity index (χ1v) is 6.62. The Morgan fingerprint density at radius 1 is 1.26 bits per heavy atom. The summed E-state index contributed by atoms with van der Waals surface area (Å²) in [5, 5.41) is 2.90. The number of morpholine rings is 1. The van der Waals surface area contributed by atoms with Gasteiger partial charge in [0, 0.05) is 6.54 Å². The van der Waals surface area contributed by atoms with Gasteiger partial charge in [0.05, 0.1) is 25.3 Å². The van der Waals surface area contributed by atoms with Gasteiger partial charge in [-0.25, -0.2) is 9.18 Å². The molecule has 2 amide bonds. The summed E-state index contributed by atoms with van der Waals surface area (Å²) in [6, 6.07) is 6.56. The zero-order valence-electron chi connectivity index (χ0n) is 10.6. The van der Waals surface area contributed by atoms with E-state index in [1.807, 2.05) is 4.90 Å². The van der Waals surface area contributed by atoms with Crippen LogP contribution < -0.4 is 5.32 Å². The number of urea groups is 1. The maximum absolute atomic E-state index is 12.8. The maximum atomic E-state index is 12.8. The van der Waals surface area contributed by atoms with Crippen molar-refractivity contribution < 1.29 is 13.9 Å². The fourth-order valence-electron chi connectivity index (χ4n) is 2.83. The molecular weight excluding hydrogens is 247 g/mol. The topological polar surface area (TPSA) is 41.6 Å². The third-order valence-corrected chi connectivity index (χ3v) is 3.83. The lowest BCUT2D eigenvalue weighted by molar-refractivity contribution is 0.00631. The maximum Gasteiger partial charge on any atom is 0.318 e. The van der Waals surface area contributed by atoms with E-state index < -0.39 is 0 Å². The number of hydrogen-bond donors (Lipinski definition) is 1. The number of hydrogen-bond acceptors (Lipinski definition) is 2. The smallest absolute Gasteiger partial charge is 0.318 e. The normalized spacial score (nSPS) is 25.4. The van der Waals surface area contributed by atoms with Crippen molar-refractivity contribution in [2.75, 3.05) is 13.2 Å². The Balaban J connectivity index is 1.58. The number of halogens is 1. The quantitative estimate of drug-likeness (QED) is 0.886. The van der Waals surface area contributed by atoms with Crippen molar-refractivity contribution in [2.45, 2.75) is 31.5 Å². The fourth-order valence-corrected chi connectivity index (χ4v) is 2.83. The van der Waals surface area contributed by atoms with Gasteiger partial charge in [0.2, 0.25) is 0 Å². The number of benzene rings is 1. The lowest BCUT2D eigenvalue weighted by Gasteiger charge is -2.34. The van der Waals surface area contributed by atoms with Crippen molar-refractivity contribution in [1.82, 2.24) is 10.2 Å². The largest absolute Gasteiger partial charge is 0.377 e. The third-order valence-electron chi connectivity index (χ3n) is 3.83. The van der Waals surface area contributed by atoms with E-state index in [-0.39, 0.29) is 23.9 Å². The molecule has 2 aliphatic heterocycles. The minimum Gasteiger partial charge on any atom is -0.377 e. The first kappa shape index (κ1) is 12.4. The highest BCUT2D eigenvalue weighted by molar-refractivity contribution is 5.75. The van der Waals surface area contributed by atoms with Crippen LogP contribution in [0.5, 0.6) is 0 Å². The van der Waals surface area contributed by atoms with E-state index in [0.29, 0.717) is 19.8 Å². The van der Waals surface area contributed by atoms with E-state index in [1.54, 1.807) is 12.1 Å². The fraction of sp³-hybridized carbons (Fsp3) is 0.500. The number of amides is 2. The molecule has 2 saturated heterocycles. The van der Waals surface area contributed by atoms with E-state index in [9.17, 15) is 9.18 Å². The van der Waals surface area contributed by atoms with Crippen LogP contribution in [-0.4, -0.2) is 36.2 Å². The molecular formula is C14H17FN2O2. The summed E-state index contributed by atoms with van der Waals surface area (Å²) in [7, 11) is 0. The van der Waals surface area contributed by atoms with Gasteiger partial charge < -0.3 is 15.0 Å². The summed E-state index contributed by atoms with van der Waals surface area (Å²) in [4.78, 5) is 14.1. The van der Waals surface area contributed by atoms with Crippen LogP contribution in [0.25, 0.3) is 0 Å². The van der Waals surface area contributed by atoms with Crippen molar-refractivity contribution in [3.63, 3.8) is 0 Å². The highest BCUT2D eigenvalue weighted by atomic mass is 19.1. The Bertz CT molecular complexity index is 447. The van der Waals surface area contributed by atoms with Crippen molar-refractivity contribution in [1.29, 1.82) is 0 Å². The molecule has 1 N–H and O–H groups in total. The monoisotopic (exact) mass is 264 g/mol. The third kappa shape index (κ3) is 2.56. The Morgan fingerprint density at radius 3 is 2.53 bits per heavy atom. The molecule has 0 spiro atoms. The van der Waals surface area contributed by atoms with Crippen LogP contribution in [0.15, 0.2) is 24.3 Å². The average Bonchev–Trinajstić information content (AvgIpc) is 2.67. The van der Waals surface area contributed by atoms with Gasteiger partial charge >= 0.3 is 6.03 Å². The molecule has 2 bridgehead atoms. The number of fused-ring (bicyclic) bond motifs is 2. The van der Waals surface area contributed by atoms with Crippen molar-refractivity contribution >= 4 is 6.03 Å². The number of ether oxygens (including phenoxy) is 1. The van der Waals surface area contributed by atoms with Gasteiger partial charge in [-0.05, 0) is 30.5 Å². The predicted octanol–water partition coefficient (Wildman–Crippen LogP) is 1.90. The second-order valence-corrected chi connectivity index (χ2v) is 5.11. The molecule has 0 aliphatic carbocycles. The van der Waals surface area contributed by atoms with Crippen LogP contribution in [-0.2, 0) is 11.3 Å². The summed E-state index contributed by atoms with van der Waals surface area (Å²) in [6.45, 7) is 1.71. The second kappa shape index (κ2) is 5.17. The number of nitrogens with zero attached hydrogens (tertiary/aromatic N) is 1. The molecule has 0 unspecified atom stereocenters. The van der Waals surface area contributed by atoms with Gasteiger partial charge in [-0.1, -0.05) is 12.1 Å². The molecule has 1 aromatic rings. The van der Waals surface area contributed by atoms with E-state index in [0.717, 1.165) is 18.4 Å².